The van der Waals surface area contributed by atoms with Crippen LogP contribution >= 0.6 is 46.1 Å². The molecule has 2 nitrogen and oxygen atoms in total. The molecule has 0 radical (unpaired) electrons. The smallest absolute Gasteiger partial charge is 0.374 e. The van der Waals surface area contributed by atoms with Crippen LogP contribution in [0.25, 0.3) is 10.1 Å². The number of hydrogen-bond acceptors (Lipinski definition) is 3. The summed E-state index contributed by atoms with van der Waals surface area (Å²) in [6.45, 7) is 0. The van der Waals surface area contributed by atoms with Crippen molar-refractivity contribution >= 4 is 61.9 Å². The Balaban J connectivity index is 1.76. The maximum absolute atomic E-state index is 14.0. The number of oxime groups is 1. The third-order valence-corrected chi connectivity index (χ3v) is 6.11. The maximum atomic E-state index is 14.0. The van der Waals surface area contributed by atoms with E-state index in [2.05, 4.69) is 5.16 Å². The summed E-state index contributed by atoms with van der Waals surface area (Å²) in [5, 5.41) is 5.34. The first-order valence-electron chi connectivity index (χ1n) is 7.66. The quantitative estimate of drug-likeness (QED) is 0.397. The SMILES string of the molecule is FC(F)(F)C1(c2cc(Cl)cc(Cl)c2)CC(c2cc3cc(Cl)ccc3s2)=NO1. The Bertz CT molecular complexity index is 1060. The summed E-state index contributed by atoms with van der Waals surface area (Å²) in [6, 6.07) is 10.8. The first kappa shape index (κ1) is 18.9. The highest BCUT2D eigenvalue weighted by molar-refractivity contribution is 7.20. The Hall–Kier alpha value is -1.47. The second-order valence-corrected chi connectivity index (χ2v) is 8.47. The van der Waals surface area contributed by atoms with Gasteiger partial charge in [0.25, 0.3) is 5.60 Å². The van der Waals surface area contributed by atoms with E-state index in [-0.39, 0.29) is 21.3 Å². The van der Waals surface area contributed by atoms with Crippen LogP contribution in [0.3, 0.4) is 0 Å². The van der Waals surface area contributed by atoms with Gasteiger partial charge in [0.2, 0.25) is 0 Å². The van der Waals surface area contributed by atoms with Crippen molar-refractivity contribution in [1.82, 2.24) is 0 Å². The van der Waals surface area contributed by atoms with Gasteiger partial charge >= 0.3 is 6.18 Å². The van der Waals surface area contributed by atoms with Crippen molar-refractivity contribution in [2.45, 2.75) is 18.2 Å². The Morgan fingerprint density at radius 1 is 0.963 bits per heavy atom. The summed E-state index contributed by atoms with van der Waals surface area (Å²) in [7, 11) is 0. The van der Waals surface area contributed by atoms with Gasteiger partial charge in [-0.2, -0.15) is 13.2 Å². The minimum atomic E-state index is -4.72. The lowest BCUT2D eigenvalue weighted by atomic mass is 9.88. The standard InChI is InChI=1S/C18H9Cl3F3NOS/c19-11-1-2-15-9(3-11)4-16(27-15)14-8-17(26-25-14,18(22,23)24)10-5-12(20)7-13(21)6-10/h1-7H,8H2. The molecule has 27 heavy (non-hydrogen) atoms. The van der Waals surface area contributed by atoms with Gasteiger partial charge in [-0.1, -0.05) is 40.0 Å². The third-order valence-electron chi connectivity index (χ3n) is 4.28. The molecule has 4 rings (SSSR count). The Morgan fingerprint density at radius 3 is 2.33 bits per heavy atom. The molecule has 2 aromatic carbocycles. The van der Waals surface area contributed by atoms with E-state index in [4.69, 9.17) is 39.6 Å². The number of benzene rings is 2. The van der Waals surface area contributed by atoms with E-state index in [1.54, 1.807) is 18.2 Å². The van der Waals surface area contributed by atoms with Gasteiger partial charge in [-0.05, 0) is 47.9 Å². The van der Waals surface area contributed by atoms with Crippen LogP contribution in [0.1, 0.15) is 16.9 Å². The molecule has 0 spiro atoms. The van der Waals surface area contributed by atoms with Gasteiger partial charge in [0.05, 0.1) is 11.3 Å². The number of nitrogens with zero attached hydrogens (tertiary/aromatic N) is 1. The Labute approximate surface area is 171 Å². The lowest BCUT2D eigenvalue weighted by Gasteiger charge is -2.29. The zero-order chi connectivity index (χ0) is 19.4. The second-order valence-electron chi connectivity index (χ2n) is 6.08. The normalized spacial score (nSPS) is 20.0. The monoisotopic (exact) mass is 449 g/mol. The minimum absolute atomic E-state index is 0.0923. The van der Waals surface area contributed by atoms with E-state index in [0.717, 1.165) is 10.1 Å². The van der Waals surface area contributed by atoms with E-state index in [0.29, 0.717) is 9.90 Å². The molecule has 0 fully saturated rings. The molecule has 0 bridgehead atoms. The summed E-state index contributed by atoms with van der Waals surface area (Å²) in [6.07, 6.45) is -5.19. The van der Waals surface area contributed by atoms with Gasteiger partial charge in [0.15, 0.2) is 0 Å². The molecule has 3 aromatic rings. The van der Waals surface area contributed by atoms with Crippen molar-refractivity contribution < 1.29 is 18.0 Å². The van der Waals surface area contributed by atoms with E-state index < -0.39 is 18.2 Å². The third kappa shape index (κ3) is 3.29. The summed E-state index contributed by atoms with van der Waals surface area (Å²) in [4.78, 5) is 5.60. The van der Waals surface area contributed by atoms with Gasteiger partial charge in [-0.15, -0.1) is 11.3 Å². The van der Waals surface area contributed by atoms with Crippen molar-refractivity contribution in [1.29, 1.82) is 0 Å². The predicted molar refractivity (Wildman–Crippen MR) is 103 cm³/mol. The first-order valence-corrected chi connectivity index (χ1v) is 9.61. The van der Waals surface area contributed by atoms with Crippen LogP contribution in [0, 0.1) is 0 Å². The highest BCUT2D eigenvalue weighted by Crippen LogP contribution is 2.50. The molecule has 2 heterocycles. The number of fused-ring (bicyclic) bond motifs is 1. The van der Waals surface area contributed by atoms with E-state index in [1.165, 1.54) is 29.5 Å². The molecular weight excluding hydrogens is 442 g/mol. The summed E-state index contributed by atoms with van der Waals surface area (Å²) >= 11 is 19.1. The maximum Gasteiger partial charge on any atom is 0.435 e. The van der Waals surface area contributed by atoms with Crippen LogP contribution < -0.4 is 0 Å². The molecule has 0 saturated heterocycles. The lowest BCUT2D eigenvalue weighted by molar-refractivity contribution is -0.275. The predicted octanol–water partition coefficient (Wildman–Crippen LogP) is 7.44. The molecule has 1 aliphatic rings. The van der Waals surface area contributed by atoms with Crippen LogP contribution in [0.5, 0.6) is 0 Å². The van der Waals surface area contributed by atoms with Gasteiger partial charge in [-0.3, -0.25) is 0 Å². The molecule has 1 atom stereocenters. The fourth-order valence-electron chi connectivity index (χ4n) is 2.98. The van der Waals surface area contributed by atoms with Gasteiger partial charge in [-0.25, -0.2) is 0 Å². The summed E-state index contributed by atoms with van der Waals surface area (Å²) < 4.78 is 42.9. The molecule has 140 valence electrons. The molecule has 0 amide bonds. The molecule has 1 aromatic heterocycles. The van der Waals surface area contributed by atoms with E-state index in [1.807, 2.05) is 6.07 Å². The van der Waals surface area contributed by atoms with Crippen molar-refractivity contribution in [3.8, 4) is 0 Å². The molecule has 9 heteroatoms. The van der Waals surface area contributed by atoms with Crippen molar-refractivity contribution in [2.75, 3.05) is 0 Å². The fourth-order valence-corrected chi connectivity index (χ4v) is 4.71. The highest BCUT2D eigenvalue weighted by atomic mass is 35.5. The summed E-state index contributed by atoms with van der Waals surface area (Å²) in [5.41, 5.74) is -2.61. The highest BCUT2D eigenvalue weighted by Gasteiger charge is 2.62. The van der Waals surface area contributed by atoms with Crippen LogP contribution in [-0.4, -0.2) is 11.9 Å². The van der Waals surface area contributed by atoms with Crippen LogP contribution in [0.4, 0.5) is 13.2 Å². The number of halogens is 6. The molecule has 1 unspecified atom stereocenters. The molecule has 1 aliphatic heterocycles. The fraction of sp³-hybridized carbons (Fsp3) is 0.167. The molecule has 0 aliphatic carbocycles. The van der Waals surface area contributed by atoms with Crippen LogP contribution in [0.2, 0.25) is 15.1 Å². The number of hydrogen-bond donors (Lipinski definition) is 0. The first-order chi connectivity index (χ1) is 12.7. The molecule has 0 N–H and O–H groups in total. The number of rotatable bonds is 2. The van der Waals surface area contributed by atoms with E-state index >= 15 is 0 Å². The zero-order valence-electron chi connectivity index (χ0n) is 13.3. The Kier molecular flexibility index (Phi) is 4.58. The largest absolute Gasteiger partial charge is 0.435 e. The topological polar surface area (TPSA) is 21.6 Å². The minimum Gasteiger partial charge on any atom is -0.374 e. The number of thiophene rings is 1. The summed E-state index contributed by atoms with van der Waals surface area (Å²) in [5.74, 6) is 0. The van der Waals surface area contributed by atoms with Gasteiger partial charge in [0.1, 0.15) is 5.71 Å². The van der Waals surface area contributed by atoms with Crippen molar-refractivity contribution in [3.05, 3.63) is 68.0 Å². The van der Waals surface area contributed by atoms with Crippen LogP contribution in [0.15, 0.2) is 47.6 Å². The Morgan fingerprint density at radius 2 is 1.67 bits per heavy atom. The van der Waals surface area contributed by atoms with Crippen molar-refractivity contribution in [3.63, 3.8) is 0 Å². The number of alkyl halides is 3. The second kappa shape index (κ2) is 6.55. The van der Waals surface area contributed by atoms with Crippen molar-refractivity contribution in [2.24, 2.45) is 5.16 Å². The van der Waals surface area contributed by atoms with Gasteiger partial charge in [0, 0.05) is 25.3 Å². The van der Waals surface area contributed by atoms with E-state index in [9.17, 15) is 13.2 Å². The average molecular weight is 451 g/mol. The average Bonchev–Trinajstić information content (AvgIpc) is 3.17. The van der Waals surface area contributed by atoms with Gasteiger partial charge < -0.3 is 4.84 Å². The lowest BCUT2D eigenvalue weighted by Crippen LogP contribution is -2.42. The zero-order valence-corrected chi connectivity index (χ0v) is 16.4. The molecular formula is C18H9Cl3F3NOS. The molecule has 0 saturated carbocycles. The van der Waals surface area contributed by atoms with Crippen LogP contribution in [-0.2, 0) is 10.4 Å².